The minimum absolute atomic E-state index is 0.336. The molecule has 0 radical (unpaired) electrons. The third kappa shape index (κ3) is 3.09. The van der Waals surface area contributed by atoms with Crippen LogP contribution in [0.3, 0.4) is 0 Å². The molecule has 2 nitrogen and oxygen atoms in total. The average Bonchev–Trinajstić information content (AvgIpc) is 2.40. The molecule has 1 atom stereocenters. The predicted octanol–water partition coefficient (Wildman–Crippen LogP) is 3.37. The molecule has 92 valence electrons. The highest BCUT2D eigenvalue weighted by Crippen LogP contribution is 2.24. The fourth-order valence-corrected chi connectivity index (χ4v) is 2.45. The Hall–Kier alpha value is -1.31. The lowest BCUT2D eigenvalue weighted by molar-refractivity contribution is -0.108. The smallest absolute Gasteiger partial charge is 0.120 e. The summed E-state index contributed by atoms with van der Waals surface area (Å²) >= 11 is 0. The number of carbonyl (C=O) groups excluding carboxylic acids is 1. The number of nitrogens with zero attached hydrogens (tertiary/aromatic N) is 1. The molecule has 1 unspecified atom stereocenters. The number of anilines is 1. The molecule has 1 heterocycles. The van der Waals surface area contributed by atoms with Gasteiger partial charge in [-0.15, -0.1) is 0 Å². The molecule has 1 saturated heterocycles. The summed E-state index contributed by atoms with van der Waals surface area (Å²) in [5, 5.41) is 0. The quantitative estimate of drug-likeness (QED) is 0.740. The van der Waals surface area contributed by atoms with Gasteiger partial charge in [0.2, 0.25) is 0 Å². The van der Waals surface area contributed by atoms with E-state index in [1.807, 2.05) is 0 Å². The maximum atomic E-state index is 10.5. The summed E-state index contributed by atoms with van der Waals surface area (Å²) in [4.78, 5) is 13.0. The molecule has 2 rings (SSSR count). The lowest BCUT2D eigenvalue weighted by Gasteiger charge is -2.29. The van der Waals surface area contributed by atoms with Crippen molar-refractivity contribution in [2.45, 2.75) is 38.5 Å². The normalized spacial score (nSPS) is 17.8. The second-order valence-electron chi connectivity index (χ2n) is 4.94. The Labute approximate surface area is 104 Å². The first-order valence-electron chi connectivity index (χ1n) is 6.60. The Morgan fingerprint density at radius 1 is 1.18 bits per heavy atom. The van der Waals surface area contributed by atoms with Crippen LogP contribution in [-0.4, -0.2) is 19.4 Å². The van der Waals surface area contributed by atoms with E-state index in [0.29, 0.717) is 12.3 Å². The van der Waals surface area contributed by atoms with Crippen molar-refractivity contribution in [1.29, 1.82) is 0 Å². The third-order valence-corrected chi connectivity index (χ3v) is 3.63. The minimum Gasteiger partial charge on any atom is -0.372 e. The van der Waals surface area contributed by atoms with Crippen molar-refractivity contribution in [3.8, 4) is 0 Å². The molecule has 0 aromatic heterocycles. The van der Waals surface area contributed by atoms with Gasteiger partial charge in [0.15, 0.2) is 0 Å². The largest absolute Gasteiger partial charge is 0.372 e. The highest BCUT2D eigenvalue weighted by atomic mass is 16.1. The minimum atomic E-state index is 0.336. The zero-order chi connectivity index (χ0) is 12.1. The predicted molar refractivity (Wildman–Crippen MR) is 71.6 cm³/mol. The third-order valence-electron chi connectivity index (χ3n) is 3.63. The van der Waals surface area contributed by atoms with E-state index in [2.05, 4.69) is 36.1 Å². The molecular formula is C15H21NO. The van der Waals surface area contributed by atoms with Crippen LogP contribution in [0.1, 0.15) is 44.1 Å². The first kappa shape index (κ1) is 12.2. The molecule has 1 aromatic carbocycles. The second-order valence-corrected chi connectivity index (χ2v) is 4.94. The van der Waals surface area contributed by atoms with Gasteiger partial charge in [-0.3, -0.25) is 0 Å². The molecule has 0 N–H and O–H groups in total. The van der Waals surface area contributed by atoms with Gasteiger partial charge >= 0.3 is 0 Å². The van der Waals surface area contributed by atoms with Gasteiger partial charge < -0.3 is 9.69 Å². The molecule has 1 aromatic rings. The highest BCUT2D eigenvalue weighted by molar-refractivity contribution is 5.53. The summed E-state index contributed by atoms with van der Waals surface area (Å²) in [5.74, 6) is 0.336. The first-order chi connectivity index (χ1) is 8.31. The summed E-state index contributed by atoms with van der Waals surface area (Å²) in [6.07, 6.45) is 5.60. The molecule has 0 saturated carbocycles. The van der Waals surface area contributed by atoms with Crippen LogP contribution in [0, 0.1) is 0 Å². The first-order valence-corrected chi connectivity index (χ1v) is 6.60. The fourth-order valence-electron chi connectivity index (χ4n) is 2.45. The fraction of sp³-hybridized carbons (Fsp3) is 0.533. The van der Waals surface area contributed by atoms with Crippen LogP contribution in [0.4, 0.5) is 5.69 Å². The van der Waals surface area contributed by atoms with Gasteiger partial charge in [-0.1, -0.05) is 19.1 Å². The number of hydrogen-bond donors (Lipinski definition) is 0. The Balaban J connectivity index is 2.03. The SMILES string of the molecule is CC(CC=O)c1ccc(N2CCCCC2)cc1. The number of benzene rings is 1. The maximum Gasteiger partial charge on any atom is 0.120 e. The molecule has 0 amide bonds. The number of aldehydes is 1. The van der Waals surface area contributed by atoms with Crippen LogP contribution >= 0.6 is 0 Å². The number of hydrogen-bond acceptors (Lipinski definition) is 2. The summed E-state index contributed by atoms with van der Waals surface area (Å²) in [7, 11) is 0. The van der Waals surface area contributed by atoms with Crippen molar-refractivity contribution in [3.05, 3.63) is 29.8 Å². The van der Waals surface area contributed by atoms with E-state index in [1.165, 1.54) is 43.6 Å². The molecule has 1 fully saturated rings. The van der Waals surface area contributed by atoms with E-state index in [-0.39, 0.29) is 0 Å². The Bertz CT molecular complexity index is 352. The summed E-state index contributed by atoms with van der Waals surface area (Å²) in [5.41, 5.74) is 2.59. The lowest BCUT2D eigenvalue weighted by atomic mass is 9.98. The van der Waals surface area contributed by atoms with Gasteiger partial charge in [0.25, 0.3) is 0 Å². The van der Waals surface area contributed by atoms with E-state index in [0.717, 1.165) is 6.29 Å². The van der Waals surface area contributed by atoms with Gasteiger partial charge in [-0.05, 0) is 42.9 Å². The molecule has 0 bridgehead atoms. The highest BCUT2D eigenvalue weighted by Gasteiger charge is 2.11. The standard InChI is InChI=1S/C15H21NO/c1-13(9-12-17)14-5-7-15(8-6-14)16-10-3-2-4-11-16/h5-8,12-13H,2-4,9-11H2,1H3. The second kappa shape index (κ2) is 5.85. The zero-order valence-electron chi connectivity index (χ0n) is 10.6. The van der Waals surface area contributed by atoms with E-state index in [1.54, 1.807) is 0 Å². The van der Waals surface area contributed by atoms with E-state index >= 15 is 0 Å². The van der Waals surface area contributed by atoms with Crippen molar-refractivity contribution in [3.63, 3.8) is 0 Å². The van der Waals surface area contributed by atoms with Crippen LogP contribution in [0.5, 0.6) is 0 Å². The van der Waals surface area contributed by atoms with Crippen molar-refractivity contribution in [2.75, 3.05) is 18.0 Å². The monoisotopic (exact) mass is 231 g/mol. The molecule has 1 aliphatic heterocycles. The zero-order valence-corrected chi connectivity index (χ0v) is 10.6. The number of rotatable bonds is 4. The Morgan fingerprint density at radius 2 is 1.82 bits per heavy atom. The summed E-state index contributed by atoms with van der Waals surface area (Å²) in [6.45, 7) is 4.47. The summed E-state index contributed by atoms with van der Waals surface area (Å²) < 4.78 is 0. The molecule has 0 aliphatic carbocycles. The molecule has 17 heavy (non-hydrogen) atoms. The van der Waals surface area contributed by atoms with Crippen LogP contribution in [0.15, 0.2) is 24.3 Å². The Kier molecular flexibility index (Phi) is 4.18. The van der Waals surface area contributed by atoms with Crippen molar-refractivity contribution in [2.24, 2.45) is 0 Å². The van der Waals surface area contributed by atoms with E-state index in [9.17, 15) is 4.79 Å². The van der Waals surface area contributed by atoms with Crippen LogP contribution in [-0.2, 0) is 4.79 Å². The lowest BCUT2D eigenvalue weighted by Crippen LogP contribution is -2.29. The van der Waals surface area contributed by atoms with Gasteiger partial charge in [0.05, 0.1) is 0 Å². The molecule has 1 aliphatic rings. The van der Waals surface area contributed by atoms with Crippen LogP contribution in [0.25, 0.3) is 0 Å². The molecule has 0 spiro atoms. The van der Waals surface area contributed by atoms with Gasteiger partial charge in [-0.2, -0.15) is 0 Å². The van der Waals surface area contributed by atoms with Crippen molar-refractivity contribution in [1.82, 2.24) is 0 Å². The van der Waals surface area contributed by atoms with Gasteiger partial charge in [-0.25, -0.2) is 0 Å². The Morgan fingerprint density at radius 3 is 2.41 bits per heavy atom. The topological polar surface area (TPSA) is 20.3 Å². The molecular weight excluding hydrogens is 210 g/mol. The van der Waals surface area contributed by atoms with Crippen molar-refractivity contribution < 1.29 is 4.79 Å². The van der Waals surface area contributed by atoms with Crippen molar-refractivity contribution >= 4 is 12.0 Å². The summed E-state index contributed by atoms with van der Waals surface area (Å²) in [6, 6.07) is 8.72. The average molecular weight is 231 g/mol. The maximum absolute atomic E-state index is 10.5. The van der Waals surface area contributed by atoms with Crippen LogP contribution < -0.4 is 4.90 Å². The van der Waals surface area contributed by atoms with Gasteiger partial charge in [0, 0.05) is 25.2 Å². The number of piperidine rings is 1. The molecule has 2 heteroatoms. The van der Waals surface area contributed by atoms with E-state index in [4.69, 9.17) is 0 Å². The van der Waals surface area contributed by atoms with Crippen LogP contribution in [0.2, 0.25) is 0 Å². The number of carbonyl (C=O) groups is 1. The van der Waals surface area contributed by atoms with E-state index < -0.39 is 0 Å². The van der Waals surface area contributed by atoms with Gasteiger partial charge in [0.1, 0.15) is 6.29 Å².